The van der Waals surface area contributed by atoms with E-state index in [1.165, 1.54) is 25.7 Å². The van der Waals surface area contributed by atoms with Crippen molar-refractivity contribution in [1.82, 2.24) is 0 Å². The number of unbranched alkanes of at least 4 members (excludes halogenated alkanes) is 5. The molecule has 0 fully saturated rings. The van der Waals surface area contributed by atoms with Crippen LogP contribution < -0.4 is 0 Å². The zero-order valence-electron chi connectivity index (χ0n) is 13.2. The molecule has 0 aliphatic rings. The van der Waals surface area contributed by atoms with Gasteiger partial charge < -0.3 is 0 Å². The summed E-state index contributed by atoms with van der Waals surface area (Å²) in [5.74, 6) is 6.67. The van der Waals surface area contributed by atoms with Gasteiger partial charge in [0.25, 0.3) is 0 Å². The molecule has 0 aliphatic carbocycles. The van der Waals surface area contributed by atoms with E-state index >= 15 is 0 Å². The Kier molecular flexibility index (Phi) is 8.41. The molecule has 18 heavy (non-hydrogen) atoms. The first-order valence-electron chi connectivity index (χ1n) is 7.21. The Morgan fingerprint density at radius 3 is 1.17 bits per heavy atom. The van der Waals surface area contributed by atoms with Crippen LogP contribution in [0.2, 0.25) is 39.3 Å². The lowest BCUT2D eigenvalue weighted by Gasteiger charge is -2.03. The van der Waals surface area contributed by atoms with Gasteiger partial charge in [0.1, 0.15) is 16.1 Å². The molecule has 0 saturated carbocycles. The summed E-state index contributed by atoms with van der Waals surface area (Å²) in [4.78, 5) is 0. The van der Waals surface area contributed by atoms with Gasteiger partial charge in [0, 0.05) is 12.8 Å². The molecule has 0 bridgehead atoms. The van der Waals surface area contributed by atoms with E-state index in [0.717, 1.165) is 12.8 Å². The Hall–Kier alpha value is -0.446. The second kappa shape index (κ2) is 8.62. The van der Waals surface area contributed by atoms with Crippen molar-refractivity contribution in [2.24, 2.45) is 0 Å². The summed E-state index contributed by atoms with van der Waals surface area (Å²) in [5.41, 5.74) is 6.84. The zero-order valence-corrected chi connectivity index (χ0v) is 15.2. The molecule has 0 saturated heterocycles. The van der Waals surface area contributed by atoms with Crippen molar-refractivity contribution >= 4 is 16.1 Å². The first-order chi connectivity index (χ1) is 8.21. The smallest absolute Gasteiger partial charge is 0.129 e. The highest BCUT2D eigenvalue weighted by Crippen LogP contribution is 2.05. The molecule has 0 spiro atoms. The van der Waals surface area contributed by atoms with Gasteiger partial charge in [-0.15, -0.1) is 22.9 Å². The quantitative estimate of drug-likeness (QED) is 0.373. The largest absolute Gasteiger partial charge is 0.132 e. The van der Waals surface area contributed by atoms with Gasteiger partial charge in [0.2, 0.25) is 0 Å². The summed E-state index contributed by atoms with van der Waals surface area (Å²) in [7, 11) is -2.27. The van der Waals surface area contributed by atoms with Gasteiger partial charge in [-0.3, -0.25) is 0 Å². The summed E-state index contributed by atoms with van der Waals surface area (Å²) in [6.07, 6.45) is 7.33. The molecule has 0 aliphatic heterocycles. The second-order valence-corrected chi connectivity index (χ2v) is 16.5. The molecule has 0 heterocycles. The highest BCUT2D eigenvalue weighted by molar-refractivity contribution is 6.84. The average molecular weight is 279 g/mol. The molecule has 2 heteroatoms. The van der Waals surface area contributed by atoms with Gasteiger partial charge in [-0.05, 0) is 12.8 Å². The van der Waals surface area contributed by atoms with E-state index in [1.54, 1.807) is 0 Å². The Morgan fingerprint density at radius 2 is 0.889 bits per heavy atom. The van der Waals surface area contributed by atoms with Gasteiger partial charge in [0.05, 0.1) is 0 Å². The molecule has 0 atom stereocenters. The van der Waals surface area contributed by atoms with Gasteiger partial charge in [-0.2, -0.15) is 0 Å². The molecule has 102 valence electrons. The fraction of sp³-hybridized carbons (Fsp3) is 0.750. The van der Waals surface area contributed by atoms with Crippen molar-refractivity contribution in [3.8, 4) is 22.9 Å². The van der Waals surface area contributed by atoms with E-state index in [0.29, 0.717) is 0 Å². The Morgan fingerprint density at radius 1 is 0.556 bits per heavy atom. The molecule has 0 amide bonds. The zero-order chi connectivity index (χ0) is 14.1. The van der Waals surface area contributed by atoms with Crippen molar-refractivity contribution in [1.29, 1.82) is 0 Å². The highest BCUT2D eigenvalue weighted by Gasteiger charge is 2.07. The summed E-state index contributed by atoms with van der Waals surface area (Å²) in [6, 6.07) is 0. The third-order valence-electron chi connectivity index (χ3n) is 2.28. The first-order valence-corrected chi connectivity index (χ1v) is 14.2. The molecule has 0 nitrogen and oxygen atoms in total. The maximum atomic E-state index is 3.42. The SMILES string of the molecule is C[Si](C)(C)C#CCCCCCCC#C[Si](C)(C)C. The summed E-state index contributed by atoms with van der Waals surface area (Å²) >= 11 is 0. The third kappa shape index (κ3) is 15.6. The topological polar surface area (TPSA) is 0 Å². The van der Waals surface area contributed by atoms with E-state index in [-0.39, 0.29) is 0 Å². The fourth-order valence-corrected chi connectivity index (χ4v) is 2.75. The first kappa shape index (κ1) is 17.6. The molecule has 0 rings (SSSR count). The van der Waals surface area contributed by atoms with Crippen LogP contribution in [0, 0.1) is 22.9 Å². The predicted octanol–water partition coefficient (Wildman–Crippen LogP) is 5.09. The summed E-state index contributed by atoms with van der Waals surface area (Å²) in [5, 5.41) is 0. The van der Waals surface area contributed by atoms with Gasteiger partial charge >= 0.3 is 0 Å². The molecule has 0 unspecified atom stereocenters. The van der Waals surface area contributed by atoms with Gasteiger partial charge in [-0.25, -0.2) is 0 Å². The van der Waals surface area contributed by atoms with Crippen molar-refractivity contribution in [3.63, 3.8) is 0 Å². The molecule has 0 aromatic heterocycles. The molecule has 0 radical (unpaired) electrons. The third-order valence-corrected chi connectivity index (χ3v) is 4.13. The lowest BCUT2D eigenvalue weighted by Crippen LogP contribution is -2.16. The minimum Gasteiger partial charge on any atom is -0.132 e. The molecule has 0 aromatic rings. The number of hydrogen-bond acceptors (Lipinski definition) is 0. The van der Waals surface area contributed by atoms with Crippen molar-refractivity contribution < 1.29 is 0 Å². The van der Waals surface area contributed by atoms with Crippen molar-refractivity contribution in [3.05, 3.63) is 0 Å². The molecule has 0 aromatic carbocycles. The highest BCUT2D eigenvalue weighted by atomic mass is 28.3. The van der Waals surface area contributed by atoms with Crippen molar-refractivity contribution in [2.75, 3.05) is 0 Å². The molecular formula is C16H30Si2. The van der Waals surface area contributed by atoms with Crippen LogP contribution in [-0.2, 0) is 0 Å². The predicted molar refractivity (Wildman–Crippen MR) is 89.9 cm³/mol. The van der Waals surface area contributed by atoms with E-state index in [4.69, 9.17) is 0 Å². The van der Waals surface area contributed by atoms with Crippen molar-refractivity contribution in [2.45, 2.75) is 77.8 Å². The Balaban J connectivity index is 3.47. The van der Waals surface area contributed by atoms with Crippen LogP contribution in [0.5, 0.6) is 0 Å². The standard InChI is InChI=1S/C16H30Si2/c1-17(2,3)15-13-11-9-7-8-10-12-14-16-18(4,5)6/h7-12H2,1-6H3. The fourth-order valence-electron chi connectivity index (χ4n) is 1.44. The van der Waals surface area contributed by atoms with Gasteiger partial charge in [0.15, 0.2) is 0 Å². The minimum atomic E-state index is -1.14. The lowest BCUT2D eigenvalue weighted by molar-refractivity contribution is 0.661. The summed E-state index contributed by atoms with van der Waals surface area (Å²) in [6.45, 7) is 13.8. The Bertz CT molecular complexity index is 298. The van der Waals surface area contributed by atoms with Crippen LogP contribution in [0.3, 0.4) is 0 Å². The lowest BCUT2D eigenvalue weighted by atomic mass is 10.1. The number of hydrogen-bond donors (Lipinski definition) is 0. The van der Waals surface area contributed by atoms with Crippen LogP contribution >= 0.6 is 0 Å². The van der Waals surface area contributed by atoms with E-state index < -0.39 is 16.1 Å². The van der Waals surface area contributed by atoms with E-state index in [1.807, 2.05) is 0 Å². The maximum absolute atomic E-state index is 3.42. The second-order valence-electron chi connectivity index (χ2n) is 7.02. The summed E-state index contributed by atoms with van der Waals surface area (Å²) < 4.78 is 0. The van der Waals surface area contributed by atoms with Crippen LogP contribution in [0.25, 0.3) is 0 Å². The van der Waals surface area contributed by atoms with Crippen LogP contribution in [0.15, 0.2) is 0 Å². The average Bonchev–Trinajstić information content (AvgIpc) is 2.17. The van der Waals surface area contributed by atoms with Crippen LogP contribution in [-0.4, -0.2) is 16.1 Å². The number of rotatable bonds is 5. The van der Waals surface area contributed by atoms with Crippen LogP contribution in [0.1, 0.15) is 38.5 Å². The Labute approximate surface area is 117 Å². The van der Waals surface area contributed by atoms with E-state index in [9.17, 15) is 0 Å². The molecule has 0 N–H and O–H groups in total. The monoisotopic (exact) mass is 278 g/mol. The maximum Gasteiger partial charge on any atom is 0.129 e. The van der Waals surface area contributed by atoms with Crippen LogP contribution in [0.4, 0.5) is 0 Å². The normalized spacial score (nSPS) is 11.2. The minimum absolute atomic E-state index is 1.09. The van der Waals surface area contributed by atoms with Gasteiger partial charge in [-0.1, -0.05) is 52.1 Å². The van der Waals surface area contributed by atoms with E-state index in [2.05, 4.69) is 62.2 Å². The molecular weight excluding hydrogens is 248 g/mol.